The van der Waals surface area contributed by atoms with E-state index in [-0.39, 0.29) is 18.5 Å². The molecule has 0 aliphatic carbocycles. The Bertz CT molecular complexity index is 1110. The van der Waals surface area contributed by atoms with Crippen LogP contribution in [0.2, 0.25) is 0 Å². The van der Waals surface area contributed by atoms with Crippen LogP contribution in [-0.2, 0) is 26.2 Å². The smallest absolute Gasteiger partial charge is 0.244 e. The maximum absolute atomic E-state index is 13.7. The van der Waals surface area contributed by atoms with E-state index < -0.39 is 28.5 Å². The van der Waals surface area contributed by atoms with Crippen LogP contribution in [0.3, 0.4) is 0 Å². The Morgan fingerprint density at radius 3 is 1.97 bits per heavy atom. The molecule has 0 heterocycles. The molecule has 0 radical (unpaired) electrons. The van der Waals surface area contributed by atoms with Gasteiger partial charge in [-0.15, -0.1) is 0 Å². The molecule has 0 unspecified atom stereocenters. The number of amides is 2. The average Bonchev–Trinajstić information content (AvgIpc) is 2.82. The van der Waals surface area contributed by atoms with E-state index in [4.69, 9.17) is 0 Å². The molecule has 2 aromatic carbocycles. The Labute approximate surface area is 216 Å². The molecule has 0 bridgehead atoms. The third-order valence-corrected chi connectivity index (χ3v) is 7.53. The molecule has 36 heavy (non-hydrogen) atoms. The number of anilines is 1. The molecule has 7 nitrogen and oxygen atoms in total. The molecule has 2 amide bonds. The Kier molecular flexibility index (Phi) is 10.5. The molecule has 0 fully saturated rings. The highest BCUT2D eigenvalue weighted by molar-refractivity contribution is 7.92. The summed E-state index contributed by atoms with van der Waals surface area (Å²) < 4.78 is 26.6. The lowest BCUT2D eigenvalue weighted by molar-refractivity contribution is -0.140. The lowest BCUT2D eigenvalue weighted by Crippen LogP contribution is -2.53. The highest BCUT2D eigenvalue weighted by Crippen LogP contribution is 2.23. The van der Waals surface area contributed by atoms with Gasteiger partial charge in [-0.2, -0.15) is 0 Å². The third kappa shape index (κ3) is 8.08. The van der Waals surface area contributed by atoms with E-state index >= 15 is 0 Å². The van der Waals surface area contributed by atoms with Crippen LogP contribution in [-0.4, -0.2) is 50.0 Å². The second-order valence-corrected chi connectivity index (χ2v) is 11.7. The zero-order valence-electron chi connectivity index (χ0n) is 22.6. The van der Waals surface area contributed by atoms with Gasteiger partial charge in [-0.3, -0.25) is 13.9 Å². The summed E-state index contributed by atoms with van der Waals surface area (Å²) >= 11 is 0. The first-order valence-electron chi connectivity index (χ1n) is 12.6. The molecular formula is C28H41N3O4S. The maximum Gasteiger partial charge on any atom is 0.244 e. The van der Waals surface area contributed by atoms with E-state index in [9.17, 15) is 18.0 Å². The Morgan fingerprint density at radius 2 is 1.50 bits per heavy atom. The molecule has 1 N–H and O–H groups in total. The van der Waals surface area contributed by atoms with Gasteiger partial charge in [0.25, 0.3) is 0 Å². The minimum atomic E-state index is -3.75. The second kappa shape index (κ2) is 12.9. The number of sulfonamides is 1. The number of carbonyl (C=O) groups excluding carboxylic acids is 2. The normalized spacial score (nSPS) is 13.2. The number of nitrogens with zero attached hydrogens (tertiary/aromatic N) is 2. The van der Waals surface area contributed by atoms with Crippen molar-refractivity contribution in [3.05, 3.63) is 65.2 Å². The van der Waals surface area contributed by atoms with E-state index in [0.717, 1.165) is 33.7 Å². The number of aryl methyl sites for hydroxylation is 1. The van der Waals surface area contributed by atoms with Gasteiger partial charge in [-0.25, -0.2) is 8.42 Å². The molecule has 0 aliphatic rings. The predicted molar refractivity (Wildman–Crippen MR) is 146 cm³/mol. The average molecular weight is 516 g/mol. The second-order valence-electron chi connectivity index (χ2n) is 9.77. The van der Waals surface area contributed by atoms with Gasteiger partial charge in [-0.1, -0.05) is 69.7 Å². The SMILES string of the molecule is CC[C@@H](C)NC(=O)[C@@H](CC)N(Cc1ccc(C)cc1)C(=O)CN(c1ccc(C(C)C)cc1)S(C)(=O)=O. The van der Waals surface area contributed by atoms with Crippen LogP contribution in [0.1, 0.15) is 70.1 Å². The van der Waals surface area contributed by atoms with Crippen molar-refractivity contribution in [1.29, 1.82) is 0 Å². The molecule has 0 spiro atoms. The van der Waals surface area contributed by atoms with E-state index in [0.29, 0.717) is 18.0 Å². The number of hydrogen-bond acceptors (Lipinski definition) is 4. The molecule has 0 aromatic heterocycles. The topological polar surface area (TPSA) is 86.8 Å². The lowest BCUT2D eigenvalue weighted by atomic mass is 10.0. The van der Waals surface area contributed by atoms with Crippen LogP contribution >= 0.6 is 0 Å². The summed E-state index contributed by atoms with van der Waals surface area (Å²) in [5, 5.41) is 2.98. The molecule has 2 aromatic rings. The third-order valence-electron chi connectivity index (χ3n) is 6.39. The van der Waals surface area contributed by atoms with Crippen molar-refractivity contribution >= 4 is 27.5 Å². The van der Waals surface area contributed by atoms with E-state index in [1.54, 1.807) is 12.1 Å². The van der Waals surface area contributed by atoms with Crippen molar-refractivity contribution in [1.82, 2.24) is 10.2 Å². The quantitative estimate of drug-likeness (QED) is 0.447. The van der Waals surface area contributed by atoms with Gasteiger partial charge in [0.15, 0.2) is 0 Å². The molecule has 2 atom stereocenters. The Morgan fingerprint density at radius 1 is 0.917 bits per heavy atom. The standard InChI is InChI=1S/C28H41N3O4S/c1-8-22(6)29-28(33)26(9-2)30(18-23-12-10-21(5)11-13-23)27(32)19-31(36(7,34)35)25-16-14-24(15-17-25)20(3)4/h10-17,20,22,26H,8-9,18-19H2,1-7H3,(H,29,33)/t22-,26-/m1/s1. The van der Waals surface area contributed by atoms with Crippen LogP contribution in [0.15, 0.2) is 48.5 Å². The molecule has 0 saturated heterocycles. The minimum absolute atomic E-state index is 0.0325. The summed E-state index contributed by atoms with van der Waals surface area (Å²) in [7, 11) is -3.75. The fraction of sp³-hybridized carbons (Fsp3) is 0.500. The minimum Gasteiger partial charge on any atom is -0.352 e. The summed E-state index contributed by atoms with van der Waals surface area (Å²) in [5.74, 6) is -0.369. The number of rotatable bonds is 12. The van der Waals surface area contributed by atoms with Crippen molar-refractivity contribution in [2.45, 2.75) is 78.9 Å². The summed E-state index contributed by atoms with van der Waals surface area (Å²) in [6.07, 6.45) is 2.26. The first-order chi connectivity index (χ1) is 16.9. The first kappa shape index (κ1) is 29.4. The van der Waals surface area contributed by atoms with Gasteiger partial charge in [0.05, 0.1) is 11.9 Å². The summed E-state index contributed by atoms with van der Waals surface area (Å²) in [6, 6.07) is 14.2. The zero-order chi connectivity index (χ0) is 27.0. The fourth-order valence-corrected chi connectivity index (χ4v) is 4.74. The van der Waals surface area contributed by atoms with Crippen LogP contribution in [0, 0.1) is 6.92 Å². The lowest BCUT2D eigenvalue weighted by Gasteiger charge is -2.33. The maximum atomic E-state index is 13.7. The van der Waals surface area contributed by atoms with Gasteiger partial charge in [0, 0.05) is 12.6 Å². The van der Waals surface area contributed by atoms with Gasteiger partial charge in [0.2, 0.25) is 21.8 Å². The van der Waals surface area contributed by atoms with Crippen molar-refractivity contribution in [3.63, 3.8) is 0 Å². The Hall–Kier alpha value is -2.87. The number of nitrogens with one attached hydrogen (secondary N) is 1. The molecular weight excluding hydrogens is 474 g/mol. The summed E-state index contributed by atoms with van der Waals surface area (Å²) in [5.41, 5.74) is 3.46. The van der Waals surface area contributed by atoms with Crippen molar-refractivity contribution < 1.29 is 18.0 Å². The number of hydrogen-bond donors (Lipinski definition) is 1. The zero-order valence-corrected chi connectivity index (χ0v) is 23.4. The summed E-state index contributed by atoms with van der Waals surface area (Å²) in [6.45, 7) is 11.7. The van der Waals surface area contributed by atoms with Crippen LogP contribution in [0.25, 0.3) is 0 Å². The van der Waals surface area contributed by atoms with Gasteiger partial charge in [0.1, 0.15) is 12.6 Å². The Balaban J connectivity index is 2.42. The van der Waals surface area contributed by atoms with Crippen molar-refractivity contribution in [2.24, 2.45) is 0 Å². The van der Waals surface area contributed by atoms with Crippen molar-refractivity contribution in [3.8, 4) is 0 Å². The fourth-order valence-electron chi connectivity index (χ4n) is 3.89. The van der Waals surface area contributed by atoms with Gasteiger partial charge < -0.3 is 10.2 Å². The molecule has 0 aliphatic heterocycles. The van der Waals surface area contributed by atoms with Crippen LogP contribution in [0.4, 0.5) is 5.69 Å². The molecule has 198 valence electrons. The van der Waals surface area contributed by atoms with E-state index in [1.165, 1.54) is 4.90 Å². The van der Waals surface area contributed by atoms with Crippen molar-refractivity contribution in [2.75, 3.05) is 17.1 Å². The molecule has 8 heteroatoms. The first-order valence-corrected chi connectivity index (χ1v) is 14.4. The largest absolute Gasteiger partial charge is 0.352 e. The van der Waals surface area contributed by atoms with E-state index in [2.05, 4.69) is 19.2 Å². The number of benzene rings is 2. The van der Waals surface area contributed by atoms with E-state index in [1.807, 2.05) is 64.1 Å². The monoisotopic (exact) mass is 515 g/mol. The van der Waals surface area contributed by atoms with Crippen LogP contribution in [0.5, 0.6) is 0 Å². The highest BCUT2D eigenvalue weighted by Gasteiger charge is 2.32. The predicted octanol–water partition coefficient (Wildman–Crippen LogP) is 4.61. The summed E-state index contributed by atoms with van der Waals surface area (Å²) in [4.78, 5) is 28.4. The van der Waals surface area contributed by atoms with Gasteiger partial charge in [-0.05, 0) is 55.9 Å². The van der Waals surface area contributed by atoms with Crippen LogP contribution < -0.4 is 9.62 Å². The number of carbonyl (C=O) groups is 2. The van der Waals surface area contributed by atoms with Gasteiger partial charge >= 0.3 is 0 Å². The molecule has 0 saturated carbocycles. The highest BCUT2D eigenvalue weighted by atomic mass is 32.2. The molecule has 2 rings (SSSR count).